The molecule has 1 aliphatic heterocycles. The molecule has 1 fully saturated rings. The molecule has 21 heavy (non-hydrogen) atoms. The molecule has 4 heteroatoms. The highest BCUT2D eigenvalue weighted by molar-refractivity contribution is 7.10. The summed E-state index contributed by atoms with van der Waals surface area (Å²) in [5, 5.41) is 6.61. The predicted octanol–water partition coefficient (Wildman–Crippen LogP) is 4.22. The SMILES string of the molecule is Clc1cc(N2CCc3sccc3C2)ccc1CNC1CC1. The van der Waals surface area contributed by atoms with Gasteiger partial charge in [0.05, 0.1) is 0 Å². The van der Waals surface area contributed by atoms with Gasteiger partial charge in [-0.2, -0.15) is 0 Å². The Morgan fingerprint density at radius 3 is 3.00 bits per heavy atom. The molecule has 1 aliphatic carbocycles. The maximum Gasteiger partial charge on any atom is 0.0471 e. The zero-order valence-corrected chi connectivity index (χ0v) is 13.5. The van der Waals surface area contributed by atoms with Gasteiger partial charge in [-0.1, -0.05) is 17.7 Å². The van der Waals surface area contributed by atoms with Crippen LogP contribution >= 0.6 is 22.9 Å². The summed E-state index contributed by atoms with van der Waals surface area (Å²) in [4.78, 5) is 3.97. The van der Waals surface area contributed by atoms with Crippen molar-refractivity contribution in [3.8, 4) is 0 Å². The molecule has 1 aromatic heterocycles. The first-order valence-electron chi connectivity index (χ1n) is 7.61. The van der Waals surface area contributed by atoms with Crippen molar-refractivity contribution in [2.24, 2.45) is 0 Å². The average molecular weight is 319 g/mol. The van der Waals surface area contributed by atoms with Gasteiger partial charge in [-0.25, -0.2) is 0 Å². The third-order valence-electron chi connectivity index (χ3n) is 4.37. The van der Waals surface area contributed by atoms with Crippen LogP contribution in [0.25, 0.3) is 0 Å². The molecule has 0 saturated heterocycles. The number of halogens is 1. The van der Waals surface area contributed by atoms with Crippen LogP contribution in [0.15, 0.2) is 29.6 Å². The number of thiophene rings is 1. The van der Waals surface area contributed by atoms with Gasteiger partial charge in [0.2, 0.25) is 0 Å². The normalized spacial score (nSPS) is 17.9. The largest absolute Gasteiger partial charge is 0.367 e. The van der Waals surface area contributed by atoms with E-state index in [9.17, 15) is 0 Å². The topological polar surface area (TPSA) is 15.3 Å². The first-order chi connectivity index (χ1) is 10.3. The number of nitrogens with zero attached hydrogens (tertiary/aromatic N) is 1. The lowest BCUT2D eigenvalue weighted by Gasteiger charge is -2.29. The summed E-state index contributed by atoms with van der Waals surface area (Å²) in [5.41, 5.74) is 3.93. The Labute approximate surface area is 134 Å². The van der Waals surface area contributed by atoms with E-state index in [1.54, 1.807) is 4.88 Å². The van der Waals surface area contributed by atoms with Crippen molar-refractivity contribution in [1.82, 2.24) is 5.32 Å². The van der Waals surface area contributed by atoms with Gasteiger partial charge in [-0.05, 0) is 54.0 Å². The number of hydrogen-bond donors (Lipinski definition) is 1. The third-order valence-corrected chi connectivity index (χ3v) is 5.74. The first kappa shape index (κ1) is 13.6. The molecule has 2 aromatic rings. The molecule has 0 spiro atoms. The van der Waals surface area contributed by atoms with E-state index in [1.165, 1.54) is 29.7 Å². The minimum atomic E-state index is 0.722. The van der Waals surface area contributed by atoms with Crippen LogP contribution in [0.1, 0.15) is 28.8 Å². The molecular weight excluding hydrogens is 300 g/mol. The van der Waals surface area contributed by atoms with Crippen molar-refractivity contribution in [2.75, 3.05) is 11.4 Å². The Hall–Kier alpha value is -1.03. The standard InChI is InChI=1S/C17H19ClN2S/c18-16-9-15(4-1-12(16)10-19-14-2-3-14)20-7-5-17-13(11-20)6-8-21-17/h1,4,6,8-9,14,19H,2-3,5,7,10-11H2. The molecule has 1 aromatic carbocycles. The zero-order chi connectivity index (χ0) is 14.2. The molecule has 0 radical (unpaired) electrons. The number of nitrogens with one attached hydrogen (secondary N) is 1. The fourth-order valence-corrected chi connectivity index (χ4v) is 4.02. The molecule has 110 valence electrons. The number of fused-ring (bicyclic) bond motifs is 1. The van der Waals surface area contributed by atoms with E-state index in [2.05, 4.69) is 39.9 Å². The van der Waals surface area contributed by atoms with E-state index in [4.69, 9.17) is 11.6 Å². The second-order valence-corrected chi connectivity index (χ2v) is 7.38. The molecule has 2 nitrogen and oxygen atoms in total. The number of benzene rings is 1. The average Bonchev–Trinajstić information content (AvgIpc) is 3.21. The Morgan fingerprint density at radius 1 is 1.29 bits per heavy atom. The molecule has 0 unspecified atom stereocenters. The van der Waals surface area contributed by atoms with E-state index in [1.807, 2.05) is 11.3 Å². The summed E-state index contributed by atoms with van der Waals surface area (Å²) < 4.78 is 0. The van der Waals surface area contributed by atoms with Crippen LogP contribution < -0.4 is 10.2 Å². The molecule has 0 bridgehead atoms. The van der Waals surface area contributed by atoms with Crippen molar-refractivity contribution in [3.63, 3.8) is 0 Å². The number of anilines is 1. The van der Waals surface area contributed by atoms with E-state index in [0.29, 0.717) is 0 Å². The summed E-state index contributed by atoms with van der Waals surface area (Å²) in [5.74, 6) is 0. The van der Waals surface area contributed by atoms with Crippen LogP contribution in [0.2, 0.25) is 5.02 Å². The Morgan fingerprint density at radius 2 is 2.19 bits per heavy atom. The maximum absolute atomic E-state index is 6.47. The molecule has 2 heterocycles. The van der Waals surface area contributed by atoms with Crippen LogP contribution in [0.5, 0.6) is 0 Å². The van der Waals surface area contributed by atoms with Crippen molar-refractivity contribution >= 4 is 28.6 Å². The number of hydrogen-bond acceptors (Lipinski definition) is 3. The quantitative estimate of drug-likeness (QED) is 0.908. The van der Waals surface area contributed by atoms with Crippen LogP contribution in [-0.4, -0.2) is 12.6 Å². The van der Waals surface area contributed by atoms with Gasteiger partial charge in [-0.3, -0.25) is 0 Å². The second-order valence-electron chi connectivity index (χ2n) is 5.97. The van der Waals surface area contributed by atoms with Crippen LogP contribution in [0.4, 0.5) is 5.69 Å². The predicted molar refractivity (Wildman–Crippen MR) is 90.4 cm³/mol. The Balaban J connectivity index is 1.49. The lowest BCUT2D eigenvalue weighted by atomic mass is 10.1. The zero-order valence-electron chi connectivity index (χ0n) is 11.9. The molecule has 2 aliphatic rings. The monoisotopic (exact) mass is 318 g/mol. The minimum absolute atomic E-state index is 0.722. The molecule has 1 saturated carbocycles. The lowest BCUT2D eigenvalue weighted by Crippen LogP contribution is -2.29. The molecule has 4 rings (SSSR count). The Bertz CT molecular complexity index is 648. The summed E-state index contributed by atoms with van der Waals surface area (Å²) in [6.07, 6.45) is 3.77. The smallest absolute Gasteiger partial charge is 0.0471 e. The van der Waals surface area contributed by atoms with Crippen LogP contribution in [-0.2, 0) is 19.5 Å². The second kappa shape index (κ2) is 5.64. The highest BCUT2D eigenvalue weighted by atomic mass is 35.5. The van der Waals surface area contributed by atoms with Gasteiger partial charge < -0.3 is 10.2 Å². The summed E-state index contributed by atoms with van der Waals surface area (Å²) in [6.45, 7) is 2.98. The fraction of sp³-hybridized carbons (Fsp3) is 0.412. The lowest BCUT2D eigenvalue weighted by molar-refractivity contribution is 0.687. The minimum Gasteiger partial charge on any atom is -0.367 e. The molecule has 1 N–H and O–H groups in total. The van der Waals surface area contributed by atoms with Gasteiger partial charge in [0, 0.05) is 41.3 Å². The van der Waals surface area contributed by atoms with Gasteiger partial charge in [-0.15, -0.1) is 11.3 Å². The van der Waals surface area contributed by atoms with Crippen molar-refractivity contribution in [3.05, 3.63) is 50.7 Å². The summed E-state index contributed by atoms with van der Waals surface area (Å²) in [6, 6.07) is 9.49. The summed E-state index contributed by atoms with van der Waals surface area (Å²) >= 11 is 8.35. The maximum atomic E-state index is 6.47. The summed E-state index contributed by atoms with van der Waals surface area (Å²) in [7, 11) is 0. The third kappa shape index (κ3) is 2.96. The molecule has 0 amide bonds. The van der Waals surface area contributed by atoms with Gasteiger partial charge in [0.1, 0.15) is 0 Å². The number of rotatable bonds is 4. The van der Waals surface area contributed by atoms with E-state index in [-0.39, 0.29) is 0 Å². The fourth-order valence-electron chi connectivity index (χ4n) is 2.89. The van der Waals surface area contributed by atoms with E-state index in [0.717, 1.165) is 37.1 Å². The van der Waals surface area contributed by atoms with Crippen molar-refractivity contribution in [2.45, 2.75) is 38.4 Å². The van der Waals surface area contributed by atoms with Crippen molar-refractivity contribution < 1.29 is 0 Å². The highest BCUT2D eigenvalue weighted by Crippen LogP contribution is 2.30. The van der Waals surface area contributed by atoms with E-state index >= 15 is 0 Å². The van der Waals surface area contributed by atoms with Gasteiger partial charge in [0.15, 0.2) is 0 Å². The highest BCUT2D eigenvalue weighted by Gasteiger charge is 2.21. The molecular formula is C17H19ClN2S. The van der Waals surface area contributed by atoms with Gasteiger partial charge >= 0.3 is 0 Å². The van der Waals surface area contributed by atoms with Crippen molar-refractivity contribution in [1.29, 1.82) is 0 Å². The molecule has 0 atom stereocenters. The van der Waals surface area contributed by atoms with Crippen LogP contribution in [0, 0.1) is 0 Å². The van der Waals surface area contributed by atoms with Crippen LogP contribution in [0.3, 0.4) is 0 Å². The van der Waals surface area contributed by atoms with Gasteiger partial charge in [0.25, 0.3) is 0 Å². The Kier molecular flexibility index (Phi) is 3.66. The van der Waals surface area contributed by atoms with E-state index < -0.39 is 0 Å². The first-order valence-corrected chi connectivity index (χ1v) is 8.87.